The molecule has 0 radical (unpaired) electrons. The van der Waals surface area contributed by atoms with Crippen molar-refractivity contribution in [2.45, 2.75) is 25.8 Å². The molecule has 0 amide bonds. The summed E-state index contributed by atoms with van der Waals surface area (Å²) >= 11 is 0. The zero-order chi connectivity index (χ0) is 13.9. The van der Waals surface area contributed by atoms with E-state index in [0.717, 1.165) is 11.1 Å². The molecule has 4 nitrogen and oxygen atoms in total. The molecule has 4 heteroatoms. The Morgan fingerprint density at radius 1 is 1.39 bits per heavy atom. The third-order valence-corrected chi connectivity index (χ3v) is 2.74. The summed E-state index contributed by atoms with van der Waals surface area (Å²) in [6.07, 6.45) is 0. The third-order valence-electron chi connectivity index (χ3n) is 2.74. The molecule has 0 heterocycles. The number of nitrogens with zero attached hydrogens (tertiary/aromatic N) is 2. The van der Waals surface area contributed by atoms with E-state index in [1.807, 2.05) is 25.1 Å². The molecule has 0 aliphatic carbocycles. The molecule has 0 aliphatic rings. The van der Waals surface area contributed by atoms with Gasteiger partial charge < -0.3 is 10.0 Å². The van der Waals surface area contributed by atoms with Crippen molar-refractivity contribution in [3.63, 3.8) is 0 Å². The van der Waals surface area contributed by atoms with Crippen LogP contribution in [-0.4, -0.2) is 30.1 Å². The van der Waals surface area contributed by atoms with E-state index in [0.29, 0.717) is 6.54 Å². The van der Waals surface area contributed by atoms with Gasteiger partial charge in [-0.1, -0.05) is 6.07 Å². The minimum atomic E-state index is -0.967. The summed E-state index contributed by atoms with van der Waals surface area (Å²) in [5.74, 6) is -0.967. The number of rotatable bonds is 4. The summed E-state index contributed by atoms with van der Waals surface area (Å²) in [5, 5.41) is 18.3. The summed E-state index contributed by atoms with van der Waals surface area (Å²) in [6, 6.07) is 7.32. The second-order valence-electron chi connectivity index (χ2n) is 5.20. The molecular weight excluding hydrogens is 228 g/mol. The van der Waals surface area contributed by atoms with Crippen molar-refractivity contribution in [3.8, 4) is 6.07 Å². The van der Waals surface area contributed by atoms with Gasteiger partial charge in [-0.3, -0.25) is 0 Å². The first-order valence-electron chi connectivity index (χ1n) is 5.70. The van der Waals surface area contributed by atoms with Crippen LogP contribution in [0, 0.1) is 11.3 Å². The van der Waals surface area contributed by atoms with Crippen LogP contribution in [0.1, 0.15) is 35.3 Å². The highest BCUT2D eigenvalue weighted by Crippen LogP contribution is 2.25. The first-order valence-corrected chi connectivity index (χ1v) is 5.70. The Balaban J connectivity index is 3.32. The van der Waals surface area contributed by atoms with Gasteiger partial charge in [0.15, 0.2) is 0 Å². The predicted octanol–water partition coefficient (Wildman–Crippen LogP) is 2.25. The molecule has 1 rings (SSSR count). The highest BCUT2D eigenvalue weighted by atomic mass is 16.4. The van der Waals surface area contributed by atoms with E-state index in [2.05, 4.69) is 6.07 Å². The Bertz CT molecular complexity index is 499. The first kappa shape index (κ1) is 14.2. The Kier molecular flexibility index (Phi) is 4.10. The fourth-order valence-corrected chi connectivity index (χ4v) is 1.70. The van der Waals surface area contributed by atoms with Gasteiger partial charge >= 0.3 is 5.97 Å². The molecule has 0 aromatic heterocycles. The molecule has 1 aromatic carbocycles. The lowest BCUT2D eigenvalue weighted by Gasteiger charge is -2.19. The van der Waals surface area contributed by atoms with Gasteiger partial charge in [0.2, 0.25) is 0 Å². The smallest absolute Gasteiger partial charge is 0.335 e. The maximum Gasteiger partial charge on any atom is 0.335 e. The summed E-state index contributed by atoms with van der Waals surface area (Å²) in [6.45, 7) is 4.22. The summed E-state index contributed by atoms with van der Waals surface area (Å²) < 4.78 is 0. The van der Waals surface area contributed by atoms with Crippen LogP contribution in [-0.2, 0) is 12.0 Å². The molecule has 18 heavy (non-hydrogen) atoms. The normalized spacial score (nSPS) is 11.3. The monoisotopic (exact) mass is 246 g/mol. The Morgan fingerprint density at radius 2 is 2.00 bits per heavy atom. The molecule has 0 aliphatic heterocycles. The Morgan fingerprint density at radius 3 is 2.44 bits per heavy atom. The fourth-order valence-electron chi connectivity index (χ4n) is 1.70. The topological polar surface area (TPSA) is 64.3 Å². The largest absolute Gasteiger partial charge is 0.478 e. The number of carbonyl (C=O) groups is 1. The van der Waals surface area contributed by atoms with Gasteiger partial charge in [0.05, 0.1) is 17.0 Å². The lowest BCUT2D eigenvalue weighted by Crippen LogP contribution is -2.17. The van der Waals surface area contributed by atoms with Crippen LogP contribution < -0.4 is 0 Å². The van der Waals surface area contributed by atoms with E-state index >= 15 is 0 Å². The van der Waals surface area contributed by atoms with Gasteiger partial charge in [0.25, 0.3) is 0 Å². The van der Waals surface area contributed by atoms with Crippen LogP contribution in [0.4, 0.5) is 0 Å². The van der Waals surface area contributed by atoms with Gasteiger partial charge in [-0.25, -0.2) is 4.79 Å². The Hall–Kier alpha value is -1.86. The van der Waals surface area contributed by atoms with Gasteiger partial charge in [0, 0.05) is 6.54 Å². The average molecular weight is 246 g/mol. The second kappa shape index (κ2) is 5.19. The molecule has 0 atom stereocenters. The lowest BCUT2D eigenvalue weighted by molar-refractivity contribution is 0.0696. The number of hydrogen-bond acceptors (Lipinski definition) is 3. The second-order valence-corrected chi connectivity index (χ2v) is 5.20. The number of benzene rings is 1. The van der Waals surface area contributed by atoms with Crippen LogP contribution in [0.5, 0.6) is 0 Å². The molecule has 0 bridgehead atoms. The molecule has 0 saturated carbocycles. The molecule has 1 N–H and O–H groups in total. The van der Waals surface area contributed by atoms with E-state index in [9.17, 15) is 4.79 Å². The number of carboxylic acids is 1. The van der Waals surface area contributed by atoms with E-state index in [-0.39, 0.29) is 5.56 Å². The van der Waals surface area contributed by atoms with Crippen molar-refractivity contribution >= 4 is 5.97 Å². The average Bonchev–Trinajstić information content (AvgIpc) is 2.27. The SMILES string of the molecule is CN(C)Cc1cc(C(=O)O)cc(C(C)(C)C#N)c1. The predicted molar refractivity (Wildman–Crippen MR) is 69.4 cm³/mol. The van der Waals surface area contributed by atoms with E-state index in [1.165, 1.54) is 0 Å². The zero-order valence-corrected chi connectivity index (χ0v) is 11.2. The molecule has 96 valence electrons. The third kappa shape index (κ3) is 3.31. The lowest BCUT2D eigenvalue weighted by atomic mass is 9.84. The van der Waals surface area contributed by atoms with Crippen molar-refractivity contribution in [1.82, 2.24) is 4.90 Å². The fraction of sp³-hybridized carbons (Fsp3) is 0.429. The standard InChI is InChI=1S/C14H18N2O2/c1-14(2,9-15)12-6-10(8-16(3)4)5-11(7-12)13(17)18/h5-7H,8H2,1-4H3,(H,17,18). The summed E-state index contributed by atoms with van der Waals surface area (Å²) in [5.41, 5.74) is 1.18. The van der Waals surface area contributed by atoms with E-state index < -0.39 is 11.4 Å². The molecule has 0 unspecified atom stereocenters. The minimum Gasteiger partial charge on any atom is -0.478 e. The molecule has 1 aromatic rings. The number of nitriles is 1. The van der Waals surface area contributed by atoms with Gasteiger partial charge in [-0.15, -0.1) is 0 Å². The summed E-state index contributed by atoms with van der Waals surface area (Å²) in [7, 11) is 3.84. The van der Waals surface area contributed by atoms with Crippen LogP contribution in [0.2, 0.25) is 0 Å². The summed E-state index contributed by atoms with van der Waals surface area (Å²) in [4.78, 5) is 13.1. The van der Waals surface area contributed by atoms with E-state index in [4.69, 9.17) is 10.4 Å². The Labute approximate surface area is 107 Å². The number of aromatic carboxylic acids is 1. The number of carboxylic acid groups (broad SMARTS) is 1. The maximum absolute atomic E-state index is 11.1. The van der Waals surface area contributed by atoms with Crippen LogP contribution in [0.25, 0.3) is 0 Å². The van der Waals surface area contributed by atoms with Gasteiger partial charge in [-0.2, -0.15) is 5.26 Å². The van der Waals surface area contributed by atoms with Crippen molar-refractivity contribution in [2.75, 3.05) is 14.1 Å². The maximum atomic E-state index is 11.1. The first-order chi connectivity index (χ1) is 8.26. The van der Waals surface area contributed by atoms with Crippen LogP contribution in [0.15, 0.2) is 18.2 Å². The molecular formula is C14H18N2O2. The van der Waals surface area contributed by atoms with Crippen LogP contribution >= 0.6 is 0 Å². The highest BCUT2D eigenvalue weighted by Gasteiger charge is 2.22. The van der Waals surface area contributed by atoms with Crippen LogP contribution in [0.3, 0.4) is 0 Å². The van der Waals surface area contributed by atoms with Gasteiger partial charge in [0.1, 0.15) is 0 Å². The molecule has 0 fully saturated rings. The minimum absolute atomic E-state index is 0.229. The quantitative estimate of drug-likeness (QED) is 0.885. The zero-order valence-electron chi connectivity index (χ0n) is 11.2. The highest BCUT2D eigenvalue weighted by molar-refractivity contribution is 5.88. The van der Waals surface area contributed by atoms with Crippen molar-refractivity contribution in [2.24, 2.45) is 0 Å². The van der Waals surface area contributed by atoms with Crippen molar-refractivity contribution in [3.05, 3.63) is 34.9 Å². The molecule has 0 saturated heterocycles. The van der Waals surface area contributed by atoms with Crippen molar-refractivity contribution < 1.29 is 9.90 Å². The molecule has 0 spiro atoms. The number of hydrogen-bond donors (Lipinski definition) is 1. The van der Waals surface area contributed by atoms with Crippen molar-refractivity contribution in [1.29, 1.82) is 5.26 Å². The van der Waals surface area contributed by atoms with E-state index in [1.54, 1.807) is 26.0 Å². The van der Waals surface area contributed by atoms with Gasteiger partial charge in [-0.05, 0) is 51.2 Å².